The Bertz CT molecular complexity index is 562. The summed E-state index contributed by atoms with van der Waals surface area (Å²) in [4.78, 5) is 17.3. The van der Waals surface area contributed by atoms with Crippen molar-refractivity contribution in [3.05, 3.63) is 24.3 Å². The first-order chi connectivity index (χ1) is 11.2. The van der Waals surface area contributed by atoms with E-state index in [0.29, 0.717) is 5.92 Å². The molecule has 0 spiro atoms. The Kier molecular flexibility index (Phi) is 4.02. The molecule has 1 N–H and O–H groups in total. The van der Waals surface area contributed by atoms with E-state index < -0.39 is 0 Å². The van der Waals surface area contributed by atoms with Gasteiger partial charge in [0.05, 0.1) is 0 Å². The molecule has 3 fully saturated rings. The summed E-state index contributed by atoms with van der Waals surface area (Å²) in [5, 5.41) is 3.14. The number of fused-ring (bicyclic) bond motifs is 2. The van der Waals surface area contributed by atoms with Crippen LogP contribution in [-0.4, -0.2) is 44.0 Å². The largest absolute Gasteiger partial charge is 0.369 e. The minimum atomic E-state index is 0.240. The Morgan fingerprint density at radius 2 is 1.78 bits per heavy atom. The minimum Gasteiger partial charge on any atom is -0.369 e. The second-order valence-corrected chi connectivity index (χ2v) is 7.61. The average molecular weight is 313 g/mol. The van der Waals surface area contributed by atoms with E-state index >= 15 is 0 Å². The van der Waals surface area contributed by atoms with Crippen molar-refractivity contribution in [1.29, 1.82) is 0 Å². The van der Waals surface area contributed by atoms with Crippen molar-refractivity contribution in [2.45, 2.75) is 25.7 Å². The molecule has 1 amide bonds. The zero-order chi connectivity index (χ0) is 15.8. The van der Waals surface area contributed by atoms with E-state index in [1.54, 1.807) is 0 Å². The van der Waals surface area contributed by atoms with Gasteiger partial charge in [-0.05, 0) is 62.4 Å². The minimum absolute atomic E-state index is 0.240. The van der Waals surface area contributed by atoms with Crippen LogP contribution >= 0.6 is 0 Å². The van der Waals surface area contributed by atoms with Gasteiger partial charge in [-0.1, -0.05) is 6.42 Å². The van der Waals surface area contributed by atoms with Crippen molar-refractivity contribution in [3.63, 3.8) is 0 Å². The van der Waals surface area contributed by atoms with Gasteiger partial charge in [-0.15, -0.1) is 0 Å². The highest BCUT2D eigenvalue weighted by Gasteiger charge is 2.42. The fraction of sp³-hybridized carbons (Fsp3) is 0.632. The summed E-state index contributed by atoms with van der Waals surface area (Å²) in [5.74, 6) is 1.95. The number of rotatable bonds is 3. The second-order valence-electron chi connectivity index (χ2n) is 7.61. The third-order valence-corrected chi connectivity index (χ3v) is 6.08. The lowest BCUT2D eigenvalue weighted by atomic mass is 9.88. The van der Waals surface area contributed by atoms with Gasteiger partial charge in [-0.25, -0.2) is 0 Å². The summed E-state index contributed by atoms with van der Waals surface area (Å²) in [5.41, 5.74) is 2.20. The van der Waals surface area contributed by atoms with E-state index in [4.69, 9.17) is 0 Å². The quantitative estimate of drug-likeness (QED) is 0.932. The molecule has 1 aliphatic heterocycles. The number of likely N-dealkylation sites (N-methyl/N-ethyl adjacent to an activating group) is 1. The van der Waals surface area contributed by atoms with Crippen molar-refractivity contribution in [2.75, 3.05) is 43.4 Å². The van der Waals surface area contributed by atoms with Crippen LogP contribution in [0.25, 0.3) is 0 Å². The van der Waals surface area contributed by atoms with Gasteiger partial charge in [0.1, 0.15) is 0 Å². The summed E-state index contributed by atoms with van der Waals surface area (Å²) in [6.45, 7) is 4.38. The van der Waals surface area contributed by atoms with Crippen molar-refractivity contribution in [2.24, 2.45) is 17.8 Å². The first kappa shape index (κ1) is 15.0. The van der Waals surface area contributed by atoms with Crippen LogP contribution in [0.1, 0.15) is 25.7 Å². The Hall–Kier alpha value is -1.55. The number of piperazine rings is 1. The topological polar surface area (TPSA) is 35.6 Å². The second kappa shape index (κ2) is 6.16. The molecule has 1 aromatic rings. The third kappa shape index (κ3) is 3.09. The Morgan fingerprint density at radius 3 is 2.39 bits per heavy atom. The number of hydrogen-bond donors (Lipinski definition) is 1. The van der Waals surface area contributed by atoms with Gasteiger partial charge in [0, 0.05) is 43.5 Å². The lowest BCUT2D eigenvalue weighted by Crippen LogP contribution is -2.44. The van der Waals surface area contributed by atoms with Gasteiger partial charge in [0.15, 0.2) is 0 Å². The molecule has 2 bridgehead atoms. The van der Waals surface area contributed by atoms with Crippen LogP contribution in [0.15, 0.2) is 24.3 Å². The summed E-state index contributed by atoms with van der Waals surface area (Å²) in [7, 11) is 2.17. The van der Waals surface area contributed by atoms with Crippen LogP contribution in [0.3, 0.4) is 0 Å². The molecule has 3 atom stereocenters. The molecule has 4 nitrogen and oxygen atoms in total. The van der Waals surface area contributed by atoms with Gasteiger partial charge in [0.2, 0.25) is 5.91 Å². The monoisotopic (exact) mass is 313 g/mol. The standard InChI is InChI=1S/C19H27N3O/c1-21-8-10-22(11-9-21)17-6-4-16(5-7-17)20-19(23)18-13-14-2-3-15(18)12-14/h4-7,14-15,18H,2-3,8-13H2,1H3,(H,20,23). The maximum Gasteiger partial charge on any atom is 0.227 e. The number of nitrogens with one attached hydrogen (secondary N) is 1. The highest BCUT2D eigenvalue weighted by Crippen LogP contribution is 2.48. The number of carbonyl (C=O) groups excluding carboxylic acids is 1. The van der Waals surface area contributed by atoms with E-state index in [9.17, 15) is 4.79 Å². The highest BCUT2D eigenvalue weighted by atomic mass is 16.1. The van der Waals surface area contributed by atoms with E-state index in [-0.39, 0.29) is 11.8 Å². The zero-order valence-electron chi connectivity index (χ0n) is 14.0. The number of hydrogen-bond acceptors (Lipinski definition) is 3. The summed E-state index contributed by atoms with van der Waals surface area (Å²) in [6.07, 6.45) is 4.98. The molecule has 3 unspecified atom stereocenters. The Balaban J connectivity index is 1.36. The summed E-state index contributed by atoms with van der Waals surface area (Å²) < 4.78 is 0. The van der Waals surface area contributed by atoms with Crippen LogP contribution in [0, 0.1) is 17.8 Å². The maximum absolute atomic E-state index is 12.5. The lowest BCUT2D eigenvalue weighted by Gasteiger charge is -2.34. The van der Waals surface area contributed by atoms with Gasteiger partial charge in [0.25, 0.3) is 0 Å². The average Bonchev–Trinajstić information content (AvgIpc) is 3.19. The Morgan fingerprint density at radius 1 is 1.04 bits per heavy atom. The van der Waals surface area contributed by atoms with Crippen LogP contribution < -0.4 is 10.2 Å². The van der Waals surface area contributed by atoms with E-state index in [2.05, 4.69) is 46.4 Å². The molecule has 124 valence electrons. The maximum atomic E-state index is 12.5. The number of benzene rings is 1. The van der Waals surface area contributed by atoms with Crippen molar-refractivity contribution < 1.29 is 4.79 Å². The molecule has 1 aromatic carbocycles. The number of amides is 1. The first-order valence-corrected chi connectivity index (χ1v) is 9.03. The predicted octanol–water partition coefficient (Wildman–Crippen LogP) is 2.81. The summed E-state index contributed by atoms with van der Waals surface area (Å²) >= 11 is 0. The first-order valence-electron chi connectivity index (χ1n) is 9.03. The molecule has 3 aliphatic rings. The molecule has 2 saturated carbocycles. The molecule has 0 radical (unpaired) electrons. The van der Waals surface area contributed by atoms with E-state index in [1.807, 2.05) is 0 Å². The number of nitrogens with zero attached hydrogens (tertiary/aromatic N) is 2. The van der Waals surface area contributed by atoms with Crippen molar-refractivity contribution in [3.8, 4) is 0 Å². The molecule has 1 saturated heterocycles. The Labute approximate surface area is 138 Å². The number of carbonyl (C=O) groups is 1. The normalized spacial score (nSPS) is 30.7. The van der Waals surface area contributed by atoms with Crippen molar-refractivity contribution in [1.82, 2.24) is 4.90 Å². The van der Waals surface area contributed by atoms with E-state index in [0.717, 1.165) is 44.2 Å². The molecule has 23 heavy (non-hydrogen) atoms. The van der Waals surface area contributed by atoms with Crippen LogP contribution in [0.4, 0.5) is 11.4 Å². The molecular weight excluding hydrogens is 286 g/mol. The number of anilines is 2. The third-order valence-electron chi connectivity index (χ3n) is 6.08. The van der Waals surface area contributed by atoms with Gasteiger partial charge < -0.3 is 15.1 Å². The molecule has 4 heteroatoms. The molecule has 1 heterocycles. The fourth-order valence-electron chi connectivity index (χ4n) is 4.62. The lowest BCUT2D eigenvalue weighted by molar-refractivity contribution is -0.121. The molecule has 0 aromatic heterocycles. The molecule has 4 rings (SSSR count). The van der Waals surface area contributed by atoms with Crippen LogP contribution in [0.2, 0.25) is 0 Å². The molecular formula is C19H27N3O. The zero-order valence-corrected chi connectivity index (χ0v) is 14.0. The smallest absolute Gasteiger partial charge is 0.227 e. The van der Waals surface area contributed by atoms with Gasteiger partial charge in [-0.3, -0.25) is 4.79 Å². The van der Waals surface area contributed by atoms with Gasteiger partial charge >= 0.3 is 0 Å². The van der Waals surface area contributed by atoms with Crippen LogP contribution in [0.5, 0.6) is 0 Å². The fourth-order valence-corrected chi connectivity index (χ4v) is 4.62. The summed E-state index contributed by atoms with van der Waals surface area (Å²) in [6, 6.07) is 8.39. The molecule has 2 aliphatic carbocycles. The van der Waals surface area contributed by atoms with E-state index in [1.165, 1.54) is 24.9 Å². The predicted molar refractivity (Wildman–Crippen MR) is 93.7 cm³/mol. The highest BCUT2D eigenvalue weighted by molar-refractivity contribution is 5.93. The van der Waals surface area contributed by atoms with Crippen LogP contribution in [-0.2, 0) is 4.79 Å². The van der Waals surface area contributed by atoms with Gasteiger partial charge in [-0.2, -0.15) is 0 Å². The van der Waals surface area contributed by atoms with Crippen molar-refractivity contribution >= 4 is 17.3 Å². The SMILES string of the molecule is CN1CCN(c2ccc(NC(=O)C3CC4CCC3C4)cc2)CC1.